The molecule has 0 aliphatic rings. The van der Waals surface area contributed by atoms with Crippen molar-refractivity contribution in [1.29, 1.82) is 0 Å². The zero-order chi connectivity index (χ0) is 13.5. The molecule has 6 heteroatoms. The molecule has 0 bridgehead atoms. The van der Waals surface area contributed by atoms with Gasteiger partial charge in [0.15, 0.2) is 6.29 Å². The second kappa shape index (κ2) is 6.58. The lowest BCUT2D eigenvalue weighted by molar-refractivity contribution is -0.143. The van der Waals surface area contributed by atoms with Gasteiger partial charge in [0.2, 0.25) is 0 Å². The summed E-state index contributed by atoms with van der Waals surface area (Å²) in [5.41, 5.74) is 0.262. The van der Waals surface area contributed by atoms with Crippen molar-refractivity contribution in [3.8, 4) is 0 Å². The van der Waals surface area contributed by atoms with E-state index in [4.69, 9.17) is 9.47 Å². The van der Waals surface area contributed by atoms with E-state index in [2.05, 4.69) is 0 Å². The molecule has 6 nitrogen and oxygen atoms in total. The maximum absolute atomic E-state index is 11.5. The number of carbonyl (C=O) groups excluding carboxylic acids is 3. The standard InChI is InChI=1S/C12H15NO5/c1-3-17-11(15)7-13-6-5-9(10(13)8-14)12(16)18-4-2/h5-6,8H,3-4,7H2,1-2H3. The second-order valence-electron chi connectivity index (χ2n) is 3.39. The summed E-state index contributed by atoms with van der Waals surface area (Å²) in [6, 6.07) is 1.45. The third-order valence-electron chi connectivity index (χ3n) is 2.22. The Bertz CT molecular complexity index is 449. The first-order chi connectivity index (χ1) is 8.63. The highest BCUT2D eigenvalue weighted by atomic mass is 16.5. The van der Waals surface area contributed by atoms with Crippen LogP contribution >= 0.6 is 0 Å². The highest BCUT2D eigenvalue weighted by Gasteiger charge is 2.18. The molecule has 0 radical (unpaired) electrons. The molecule has 0 aromatic carbocycles. The van der Waals surface area contributed by atoms with Crippen molar-refractivity contribution in [3.63, 3.8) is 0 Å². The fourth-order valence-electron chi connectivity index (χ4n) is 1.48. The summed E-state index contributed by atoms with van der Waals surface area (Å²) in [7, 11) is 0. The highest BCUT2D eigenvalue weighted by Crippen LogP contribution is 2.11. The Morgan fingerprint density at radius 1 is 1.28 bits per heavy atom. The number of ether oxygens (including phenoxy) is 2. The van der Waals surface area contributed by atoms with Crippen molar-refractivity contribution in [3.05, 3.63) is 23.5 Å². The Morgan fingerprint density at radius 2 is 1.94 bits per heavy atom. The lowest BCUT2D eigenvalue weighted by Gasteiger charge is -2.06. The van der Waals surface area contributed by atoms with E-state index >= 15 is 0 Å². The SMILES string of the molecule is CCOC(=O)Cn1ccc(C(=O)OCC)c1C=O. The van der Waals surface area contributed by atoms with E-state index in [1.165, 1.54) is 16.8 Å². The largest absolute Gasteiger partial charge is 0.465 e. The fourth-order valence-corrected chi connectivity index (χ4v) is 1.48. The molecular formula is C12H15NO5. The van der Waals surface area contributed by atoms with E-state index in [9.17, 15) is 14.4 Å². The van der Waals surface area contributed by atoms with Gasteiger partial charge in [0.05, 0.1) is 24.5 Å². The van der Waals surface area contributed by atoms with E-state index in [0.717, 1.165) is 0 Å². The van der Waals surface area contributed by atoms with Crippen LogP contribution in [0.25, 0.3) is 0 Å². The normalized spacial score (nSPS) is 9.89. The molecule has 1 heterocycles. The van der Waals surface area contributed by atoms with Crippen molar-refractivity contribution in [2.75, 3.05) is 13.2 Å². The number of nitrogens with zero attached hydrogens (tertiary/aromatic N) is 1. The van der Waals surface area contributed by atoms with Crippen LogP contribution in [0, 0.1) is 0 Å². The summed E-state index contributed by atoms with van der Waals surface area (Å²) in [6.07, 6.45) is 2.00. The number of rotatable bonds is 6. The third-order valence-corrected chi connectivity index (χ3v) is 2.22. The topological polar surface area (TPSA) is 74.6 Å². The second-order valence-corrected chi connectivity index (χ2v) is 3.39. The average Bonchev–Trinajstić information content (AvgIpc) is 2.72. The minimum absolute atomic E-state index is 0.110. The molecule has 0 aliphatic heterocycles. The molecule has 18 heavy (non-hydrogen) atoms. The van der Waals surface area contributed by atoms with E-state index in [0.29, 0.717) is 6.29 Å². The summed E-state index contributed by atoms with van der Waals surface area (Å²) >= 11 is 0. The predicted molar refractivity (Wildman–Crippen MR) is 62.4 cm³/mol. The first kappa shape index (κ1) is 14.0. The molecule has 0 spiro atoms. The van der Waals surface area contributed by atoms with Gasteiger partial charge in [-0.1, -0.05) is 0 Å². The first-order valence-corrected chi connectivity index (χ1v) is 5.61. The van der Waals surface area contributed by atoms with Crippen LogP contribution in [0.15, 0.2) is 12.3 Å². The lowest BCUT2D eigenvalue weighted by atomic mass is 10.2. The molecule has 1 aromatic rings. The molecule has 0 saturated heterocycles. The van der Waals surface area contributed by atoms with Crippen molar-refractivity contribution >= 4 is 18.2 Å². The molecule has 0 fully saturated rings. The van der Waals surface area contributed by atoms with Gasteiger partial charge in [-0.05, 0) is 19.9 Å². The minimum Gasteiger partial charge on any atom is -0.465 e. The molecule has 0 saturated carbocycles. The number of hydrogen-bond acceptors (Lipinski definition) is 5. The van der Waals surface area contributed by atoms with Crippen LogP contribution in [-0.2, 0) is 20.8 Å². The fraction of sp³-hybridized carbons (Fsp3) is 0.417. The van der Waals surface area contributed by atoms with Crippen LogP contribution in [0.2, 0.25) is 0 Å². The van der Waals surface area contributed by atoms with E-state index in [1.54, 1.807) is 13.8 Å². The number of hydrogen-bond donors (Lipinski definition) is 0. The zero-order valence-electron chi connectivity index (χ0n) is 10.3. The molecule has 98 valence electrons. The van der Waals surface area contributed by atoms with Crippen molar-refractivity contribution in [1.82, 2.24) is 4.57 Å². The summed E-state index contributed by atoms with van der Waals surface area (Å²) in [5.74, 6) is -1.05. The molecule has 0 aliphatic carbocycles. The Labute approximate surface area is 104 Å². The summed E-state index contributed by atoms with van der Waals surface area (Å²) in [4.78, 5) is 33.8. The Morgan fingerprint density at radius 3 is 2.50 bits per heavy atom. The van der Waals surface area contributed by atoms with Gasteiger partial charge in [0.25, 0.3) is 0 Å². The van der Waals surface area contributed by atoms with E-state index in [-0.39, 0.29) is 31.0 Å². The summed E-state index contributed by atoms with van der Waals surface area (Å²) in [6.45, 7) is 3.75. The molecule has 1 aromatic heterocycles. The van der Waals surface area contributed by atoms with Crippen LogP contribution in [0.4, 0.5) is 0 Å². The van der Waals surface area contributed by atoms with Gasteiger partial charge in [-0.3, -0.25) is 9.59 Å². The molecule has 0 N–H and O–H groups in total. The van der Waals surface area contributed by atoms with Gasteiger partial charge in [-0.2, -0.15) is 0 Å². The minimum atomic E-state index is -0.581. The molecule has 0 unspecified atom stereocenters. The summed E-state index contributed by atoms with van der Waals surface area (Å²) < 4.78 is 10.9. The maximum Gasteiger partial charge on any atom is 0.340 e. The third kappa shape index (κ3) is 3.19. The monoisotopic (exact) mass is 253 g/mol. The van der Waals surface area contributed by atoms with E-state index < -0.39 is 11.9 Å². The number of esters is 2. The Hall–Kier alpha value is -2.11. The van der Waals surface area contributed by atoms with Gasteiger partial charge in [0.1, 0.15) is 6.54 Å². The van der Waals surface area contributed by atoms with Gasteiger partial charge < -0.3 is 14.0 Å². The maximum atomic E-state index is 11.5. The molecular weight excluding hydrogens is 238 g/mol. The van der Waals surface area contributed by atoms with Gasteiger partial charge in [0, 0.05) is 6.20 Å². The smallest absolute Gasteiger partial charge is 0.340 e. The predicted octanol–water partition coefficient (Wildman–Crippen LogP) is 1.04. The highest BCUT2D eigenvalue weighted by molar-refractivity contribution is 5.97. The lowest BCUT2D eigenvalue weighted by Crippen LogP contribution is -2.16. The average molecular weight is 253 g/mol. The quantitative estimate of drug-likeness (QED) is 0.559. The zero-order valence-corrected chi connectivity index (χ0v) is 10.3. The van der Waals surface area contributed by atoms with Crippen LogP contribution in [-0.4, -0.2) is 36.0 Å². The van der Waals surface area contributed by atoms with Crippen molar-refractivity contribution in [2.45, 2.75) is 20.4 Å². The van der Waals surface area contributed by atoms with E-state index in [1.807, 2.05) is 0 Å². The molecule has 1 rings (SSSR count). The van der Waals surface area contributed by atoms with Gasteiger partial charge >= 0.3 is 11.9 Å². The Balaban J connectivity index is 2.91. The van der Waals surface area contributed by atoms with Crippen molar-refractivity contribution in [2.24, 2.45) is 0 Å². The van der Waals surface area contributed by atoms with Crippen LogP contribution < -0.4 is 0 Å². The Kier molecular flexibility index (Phi) is 5.10. The first-order valence-electron chi connectivity index (χ1n) is 5.61. The number of carbonyl (C=O) groups is 3. The molecule has 0 atom stereocenters. The van der Waals surface area contributed by atoms with Crippen LogP contribution in [0.5, 0.6) is 0 Å². The van der Waals surface area contributed by atoms with Crippen LogP contribution in [0.3, 0.4) is 0 Å². The van der Waals surface area contributed by atoms with Crippen molar-refractivity contribution < 1.29 is 23.9 Å². The van der Waals surface area contributed by atoms with Gasteiger partial charge in [-0.15, -0.1) is 0 Å². The molecule has 0 amide bonds. The van der Waals surface area contributed by atoms with Crippen LogP contribution in [0.1, 0.15) is 34.7 Å². The number of aromatic nitrogens is 1. The van der Waals surface area contributed by atoms with Gasteiger partial charge in [-0.25, -0.2) is 4.79 Å². The summed E-state index contributed by atoms with van der Waals surface area (Å²) in [5, 5.41) is 0. The number of aldehydes is 1.